The van der Waals surface area contributed by atoms with E-state index in [4.69, 9.17) is 21.6 Å². The summed E-state index contributed by atoms with van der Waals surface area (Å²) >= 11 is 0. The van der Waals surface area contributed by atoms with E-state index in [-0.39, 0.29) is 18.4 Å². The Hall–Kier alpha value is -1.37. The van der Waals surface area contributed by atoms with Crippen LogP contribution in [0.1, 0.15) is 18.1 Å². The molecule has 0 aliphatic heterocycles. The first kappa shape index (κ1) is 15.6. The molecule has 0 saturated carbocycles. The second-order valence-electron chi connectivity index (χ2n) is 3.69. The van der Waals surface area contributed by atoms with Gasteiger partial charge in [0.25, 0.3) is 0 Å². The fraction of sp³-hybridized carbons (Fsp3) is 0.385. The summed E-state index contributed by atoms with van der Waals surface area (Å²) in [6, 6.07) is 3.68. The van der Waals surface area contributed by atoms with Crippen LogP contribution in [0.15, 0.2) is 12.1 Å². The van der Waals surface area contributed by atoms with Crippen LogP contribution in [0.5, 0.6) is 11.5 Å². The SMILES string of the molecule is C#Cc1cc(OC)c(CC(C)N)c(OC)c1.Cl. The minimum Gasteiger partial charge on any atom is -0.496 e. The lowest BCUT2D eigenvalue weighted by Gasteiger charge is -2.15. The van der Waals surface area contributed by atoms with Gasteiger partial charge in [0, 0.05) is 17.2 Å². The highest BCUT2D eigenvalue weighted by Crippen LogP contribution is 2.31. The van der Waals surface area contributed by atoms with E-state index in [1.165, 1.54) is 0 Å². The van der Waals surface area contributed by atoms with Crippen LogP contribution in [0.2, 0.25) is 0 Å². The van der Waals surface area contributed by atoms with E-state index in [9.17, 15) is 0 Å². The third kappa shape index (κ3) is 3.85. The number of nitrogens with two attached hydrogens (primary N) is 1. The molecule has 0 fully saturated rings. The van der Waals surface area contributed by atoms with Crippen molar-refractivity contribution in [3.8, 4) is 23.8 Å². The zero-order valence-corrected chi connectivity index (χ0v) is 11.1. The van der Waals surface area contributed by atoms with Gasteiger partial charge in [-0.25, -0.2) is 0 Å². The number of ether oxygens (including phenoxy) is 2. The minimum atomic E-state index is 0. The maximum Gasteiger partial charge on any atom is 0.127 e. The van der Waals surface area contributed by atoms with Gasteiger partial charge in [0.05, 0.1) is 14.2 Å². The Morgan fingerprint density at radius 2 is 1.76 bits per heavy atom. The molecule has 0 aromatic heterocycles. The predicted octanol–water partition coefficient (Wildman–Crippen LogP) is 2.00. The average molecular weight is 256 g/mol. The molecule has 0 heterocycles. The molecule has 4 heteroatoms. The van der Waals surface area contributed by atoms with Gasteiger partial charge >= 0.3 is 0 Å². The van der Waals surface area contributed by atoms with E-state index in [0.717, 1.165) is 22.6 Å². The van der Waals surface area contributed by atoms with Crippen molar-refractivity contribution >= 4 is 12.4 Å². The van der Waals surface area contributed by atoms with Gasteiger partial charge in [-0.15, -0.1) is 18.8 Å². The first-order valence-electron chi connectivity index (χ1n) is 5.09. The quantitative estimate of drug-likeness (QED) is 0.837. The van der Waals surface area contributed by atoms with Crippen LogP contribution in [0.4, 0.5) is 0 Å². The Morgan fingerprint density at radius 1 is 1.29 bits per heavy atom. The Labute approximate surface area is 109 Å². The molecule has 0 aliphatic rings. The van der Waals surface area contributed by atoms with E-state index in [2.05, 4.69) is 5.92 Å². The molecule has 1 unspecified atom stereocenters. The summed E-state index contributed by atoms with van der Waals surface area (Å²) in [4.78, 5) is 0. The molecule has 0 bridgehead atoms. The van der Waals surface area contributed by atoms with Crippen molar-refractivity contribution in [1.82, 2.24) is 0 Å². The van der Waals surface area contributed by atoms with Crippen LogP contribution >= 0.6 is 12.4 Å². The second-order valence-corrected chi connectivity index (χ2v) is 3.69. The van der Waals surface area contributed by atoms with Crippen molar-refractivity contribution in [2.45, 2.75) is 19.4 Å². The number of rotatable bonds is 4. The molecule has 0 saturated heterocycles. The molecule has 0 amide bonds. The summed E-state index contributed by atoms with van der Waals surface area (Å²) in [5.74, 6) is 4.02. The molecule has 1 aromatic rings. The lowest BCUT2D eigenvalue weighted by atomic mass is 10.0. The van der Waals surface area contributed by atoms with Crippen molar-refractivity contribution in [3.63, 3.8) is 0 Å². The first-order valence-corrected chi connectivity index (χ1v) is 5.09. The summed E-state index contributed by atoms with van der Waals surface area (Å²) < 4.78 is 10.6. The van der Waals surface area contributed by atoms with Crippen molar-refractivity contribution in [1.29, 1.82) is 0 Å². The van der Waals surface area contributed by atoms with Gasteiger partial charge in [-0.2, -0.15) is 0 Å². The maximum absolute atomic E-state index is 5.79. The number of halogens is 1. The van der Waals surface area contributed by atoms with Crippen molar-refractivity contribution in [3.05, 3.63) is 23.3 Å². The van der Waals surface area contributed by atoms with E-state index in [1.807, 2.05) is 19.1 Å². The van der Waals surface area contributed by atoms with E-state index >= 15 is 0 Å². The third-order valence-electron chi connectivity index (χ3n) is 2.30. The highest BCUT2D eigenvalue weighted by Gasteiger charge is 2.13. The van der Waals surface area contributed by atoms with Crippen LogP contribution < -0.4 is 15.2 Å². The summed E-state index contributed by atoms with van der Waals surface area (Å²) in [6.07, 6.45) is 6.05. The number of benzene rings is 1. The van der Waals surface area contributed by atoms with Crippen LogP contribution in [-0.2, 0) is 6.42 Å². The maximum atomic E-state index is 5.79. The number of methoxy groups -OCH3 is 2. The monoisotopic (exact) mass is 255 g/mol. The molecule has 2 N–H and O–H groups in total. The molecule has 1 atom stereocenters. The summed E-state index contributed by atoms with van der Waals surface area (Å²) in [5, 5.41) is 0. The average Bonchev–Trinajstić information content (AvgIpc) is 2.28. The molecular formula is C13H18ClNO2. The second kappa shape index (κ2) is 7.05. The molecule has 0 aliphatic carbocycles. The molecule has 17 heavy (non-hydrogen) atoms. The summed E-state index contributed by atoms with van der Waals surface area (Å²) in [7, 11) is 3.22. The first-order chi connectivity index (χ1) is 7.62. The highest BCUT2D eigenvalue weighted by molar-refractivity contribution is 5.85. The fourth-order valence-electron chi connectivity index (χ4n) is 1.59. The predicted molar refractivity (Wildman–Crippen MR) is 72.1 cm³/mol. The van der Waals surface area contributed by atoms with Crippen LogP contribution in [0.3, 0.4) is 0 Å². The van der Waals surface area contributed by atoms with E-state index in [1.54, 1.807) is 14.2 Å². The van der Waals surface area contributed by atoms with Crippen LogP contribution in [0, 0.1) is 12.3 Å². The lowest BCUT2D eigenvalue weighted by molar-refractivity contribution is 0.383. The zero-order chi connectivity index (χ0) is 12.1. The molecular weight excluding hydrogens is 238 g/mol. The standard InChI is InChI=1S/C13H17NO2.ClH/c1-5-10-7-12(15-3)11(6-9(2)14)13(8-10)16-4;/h1,7-9H,6,14H2,2-4H3;1H. The van der Waals surface area contributed by atoms with Gasteiger partial charge in [-0.05, 0) is 25.5 Å². The Bertz CT molecular complexity index is 385. The smallest absolute Gasteiger partial charge is 0.127 e. The number of hydrogen-bond donors (Lipinski definition) is 1. The molecule has 0 radical (unpaired) electrons. The lowest BCUT2D eigenvalue weighted by Crippen LogP contribution is -2.18. The van der Waals surface area contributed by atoms with Gasteiger partial charge in [0.1, 0.15) is 11.5 Å². The van der Waals surface area contributed by atoms with Crippen LogP contribution in [-0.4, -0.2) is 20.3 Å². The summed E-state index contributed by atoms with van der Waals surface area (Å²) in [6.45, 7) is 1.94. The topological polar surface area (TPSA) is 44.5 Å². The van der Waals surface area contributed by atoms with Crippen molar-refractivity contribution in [2.24, 2.45) is 5.73 Å². The molecule has 1 aromatic carbocycles. The normalized spacial score (nSPS) is 11.0. The zero-order valence-electron chi connectivity index (χ0n) is 10.3. The van der Waals surface area contributed by atoms with Crippen molar-refractivity contribution in [2.75, 3.05) is 14.2 Å². The number of terminal acetylenes is 1. The van der Waals surface area contributed by atoms with Gasteiger partial charge in [-0.1, -0.05) is 5.92 Å². The van der Waals surface area contributed by atoms with E-state index in [0.29, 0.717) is 6.42 Å². The van der Waals surface area contributed by atoms with E-state index < -0.39 is 0 Å². The largest absolute Gasteiger partial charge is 0.496 e. The molecule has 1 rings (SSSR count). The van der Waals surface area contributed by atoms with Gasteiger partial charge < -0.3 is 15.2 Å². The van der Waals surface area contributed by atoms with Crippen LogP contribution in [0.25, 0.3) is 0 Å². The Kier molecular flexibility index (Phi) is 6.48. The third-order valence-corrected chi connectivity index (χ3v) is 2.30. The van der Waals surface area contributed by atoms with Gasteiger partial charge in [0.2, 0.25) is 0 Å². The van der Waals surface area contributed by atoms with Crippen molar-refractivity contribution < 1.29 is 9.47 Å². The molecule has 0 spiro atoms. The minimum absolute atomic E-state index is 0. The number of hydrogen-bond acceptors (Lipinski definition) is 3. The molecule has 94 valence electrons. The fourth-order valence-corrected chi connectivity index (χ4v) is 1.59. The van der Waals surface area contributed by atoms with Gasteiger partial charge in [0.15, 0.2) is 0 Å². The van der Waals surface area contributed by atoms with Gasteiger partial charge in [-0.3, -0.25) is 0 Å². The summed E-state index contributed by atoms with van der Waals surface area (Å²) in [5.41, 5.74) is 7.49. The Morgan fingerprint density at radius 3 is 2.06 bits per heavy atom. The Balaban J connectivity index is 0.00000256. The highest BCUT2D eigenvalue weighted by atomic mass is 35.5. The molecule has 3 nitrogen and oxygen atoms in total.